The minimum absolute atomic E-state index is 0.116. The molecule has 1 aliphatic heterocycles. The van der Waals surface area contributed by atoms with Crippen LogP contribution in [0, 0.1) is 6.92 Å². The molecule has 1 amide bonds. The van der Waals surface area contributed by atoms with Gasteiger partial charge in [0, 0.05) is 13.1 Å². The number of nitrogens with zero attached hydrogens (tertiary/aromatic N) is 1. The molecule has 0 N–H and O–H groups in total. The third-order valence-electron chi connectivity index (χ3n) is 3.92. The van der Waals surface area contributed by atoms with Crippen molar-refractivity contribution in [3.63, 3.8) is 0 Å². The maximum absolute atomic E-state index is 12.4. The molecule has 20 heavy (non-hydrogen) atoms. The second-order valence-electron chi connectivity index (χ2n) is 6.56. The minimum atomic E-state index is 0.116. The lowest BCUT2D eigenvalue weighted by Crippen LogP contribution is -2.41. The molecule has 0 spiro atoms. The van der Waals surface area contributed by atoms with Crippen molar-refractivity contribution in [1.82, 2.24) is 4.90 Å². The number of carbonyl (C=O) groups excluding carboxylic acids is 1. The molecule has 0 aliphatic carbocycles. The summed E-state index contributed by atoms with van der Waals surface area (Å²) in [5.41, 5.74) is 3.74. The summed E-state index contributed by atoms with van der Waals surface area (Å²) in [6.07, 6.45) is 0.496. The van der Waals surface area contributed by atoms with Gasteiger partial charge in [0.15, 0.2) is 0 Å². The molecule has 110 valence electrons. The Bertz CT molecular complexity index is 482. The van der Waals surface area contributed by atoms with Crippen molar-refractivity contribution in [2.24, 2.45) is 0 Å². The van der Waals surface area contributed by atoms with Gasteiger partial charge in [-0.15, -0.1) is 0 Å². The van der Waals surface area contributed by atoms with Crippen LogP contribution in [0.4, 0.5) is 0 Å². The van der Waals surface area contributed by atoms with Crippen molar-refractivity contribution in [2.75, 3.05) is 26.3 Å². The monoisotopic (exact) mass is 275 g/mol. The van der Waals surface area contributed by atoms with Gasteiger partial charge in [-0.1, -0.05) is 39.0 Å². The number of benzene rings is 1. The van der Waals surface area contributed by atoms with Gasteiger partial charge in [0.1, 0.15) is 0 Å². The van der Waals surface area contributed by atoms with Crippen LogP contribution < -0.4 is 0 Å². The number of aryl methyl sites for hydroxylation is 1. The first-order valence-corrected chi connectivity index (χ1v) is 7.33. The highest BCUT2D eigenvalue weighted by Crippen LogP contribution is 2.25. The Labute approximate surface area is 121 Å². The van der Waals surface area contributed by atoms with Crippen LogP contribution in [-0.4, -0.2) is 37.1 Å². The molecule has 0 aromatic heterocycles. The van der Waals surface area contributed by atoms with Crippen molar-refractivity contribution in [2.45, 2.75) is 39.5 Å². The lowest BCUT2D eigenvalue weighted by atomic mass is 9.85. The molecular formula is C17H25NO2. The smallest absolute Gasteiger partial charge is 0.227 e. The van der Waals surface area contributed by atoms with Crippen LogP contribution in [0.1, 0.15) is 37.5 Å². The zero-order valence-corrected chi connectivity index (χ0v) is 13.0. The molecule has 3 nitrogen and oxygen atoms in total. The van der Waals surface area contributed by atoms with Gasteiger partial charge >= 0.3 is 0 Å². The van der Waals surface area contributed by atoms with E-state index in [2.05, 4.69) is 45.9 Å². The van der Waals surface area contributed by atoms with Crippen LogP contribution in [-0.2, 0) is 21.4 Å². The van der Waals surface area contributed by atoms with Crippen LogP contribution in [0.3, 0.4) is 0 Å². The van der Waals surface area contributed by atoms with Crippen molar-refractivity contribution < 1.29 is 9.53 Å². The summed E-state index contributed by atoms with van der Waals surface area (Å²) in [5, 5.41) is 0. The van der Waals surface area contributed by atoms with E-state index in [9.17, 15) is 4.79 Å². The number of carbonyl (C=O) groups is 1. The fourth-order valence-corrected chi connectivity index (χ4v) is 2.42. The maximum Gasteiger partial charge on any atom is 0.227 e. The molecule has 0 unspecified atom stereocenters. The van der Waals surface area contributed by atoms with Gasteiger partial charge < -0.3 is 9.64 Å². The second-order valence-corrected chi connectivity index (χ2v) is 6.56. The van der Waals surface area contributed by atoms with E-state index in [1.807, 2.05) is 4.90 Å². The van der Waals surface area contributed by atoms with Crippen molar-refractivity contribution >= 4 is 5.91 Å². The largest absolute Gasteiger partial charge is 0.378 e. The van der Waals surface area contributed by atoms with Gasteiger partial charge in [0.2, 0.25) is 5.91 Å². The standard InChI is InChI=1S/C17H25NO2/c1-13-5-6-15(17(2,3)4)11-14(13)12-16(19)18-7-9-20-10-8-18/h5-6,11H,7-10,12H2,1-4H3. The van der Waals surface area contributed by atoms with E-state index in [1.165, 1.54) is 11.1 Å². The van der Waals surface area contributed by atoms with Crippen LogP contribution in [0.5, 0.6) is 0 Å². The molecule has 1 aromatic rings. The lowest BCUT2D eigenvalue weighted by molar-refractivity contribution is -0.134. The van der Waals surface area contributed by atoms with E-state index < -0.39 is 0 Å². The Morgan fingerprint density at radius 2 is 1.90 bits per heavy atom. The van der Waals surface area contributed by atoms with E-state index in [1.54, 1.807) is 0 Å². The SMILES string of the molecule is Cc1ccc(C(C)(C)C)cc1CC(=O)N1CCOCC1. The van der Waals surface area contributed by atoms with E-state index >= 15 is 0 Å². The average molecular weight is 275 g/mol. The summed E-state index contributed by atoms with van der Waals surface area (Å²) in [7, 11) is 0. The zero-order chi connectivity index (χ0) is 14.8. The predicted molar refractivity (Wildman–Crippen MR) is 81.0 cm³/mol. The second kappa shape index (κ2) is 5.96. The van der Waals surface area contributed by atoms with Gasteiger partial charge in [0.25, 0.3) is 0 Å². The Morgan fingerprint density at radius 1 is 1.25 bits per heavy atom. The number of amides is 1. The van der Waals surface area contributed by atoms with E-state index in [0.717, 1.165) is 18.7 Å². The Morgan fingerprint density at radius 3 is 2.50 bits per heavy atom. The number of ether oxygens (including phenoxy) is 1. The molecular weight excluding hydrogens is 250 g/mol. The molecule has 1 heterocycles. The Hall–Kier alpha value is -1.35. The van der Waals surface area contributed by atoms with Crippen molar-refractivity contribution in [3.8, 4) is 0 Å². The fourth-order valence-electron chi connectivity index (χ4n) is 2.42. The summed E-state index contributed by atoms with van der Waals surface area (Å²) in [4.78, 5) is 14.3. The molecule has 1 aromatic carbocycles. The molecule has 1 saturated heterocycles. The minimum Gasteiger partial charge on any atom is -0.378 e. The summed E-state index contributed by atoms with van der Waals surface area (Å²) in [6, 6.07) is 6.48. The molecule has 1 aliphatic rings. The van der Waals surface area contributed by atoms with Crippen molar-refractivity contribution in [3.05, 3.63) is 34.9 Å². The summed E-state index contributed by atoms with van der Waals surface area (Å²) in [6.45, 7) is 11.4. The first-order chi connectivity index (χ1) is 9.38. The molecule has 0 atom stereocenters. The molecule has 1 fully saturated rings. The number of hydrogen-bond acceptors (Lipinski definition) is 2. The third-order valence-corrected chi connectivity index (χ3v) is 3.92. The van der Waals surface area contributed by atoms with E-state index in [0.29, 0.717) is 19.6 Å². The quantitative estimate of drug-likeness (QED) is 0.830. The molecule has 0 radical (unpaired) electrons. The molecule has 3 heteroatoms. The first-order valence-electron chi connectivity index (χ1n) is 7.33. The van der Waals surface area contributed by atoms with Crippen molar-refractivity contribution in [1.29, 1.82) is 0 Å². The van der Waals surface area contributed by atoms with Gasteiger partial charge in [0.05, 0.1) is 19.6 Å². The zero-order valence-electron chi connectivity index (χ0n) is 13.0. The van der Waals surface area contributed by atoms with Crippen LogP contribution >= 0.6 is 0 Å². The van der Waals surface area contributed by atoms with Crippen LogP contribution in [0.15, 0.2) is 18.2 Å². The van der Waals surface area contributed by atoms with Gasteiger partial charge in [-0.3, -0.25) is 4.79 Å². The highest BCUT2D eigenvalue weighted by atomic mass is 16.5. The topological polar surface area (TPSA) is 29.5 Å². The van der Waals surface area contributed by atoms with Crippen LogP contribution in [0.25, 0.3) is 0 Å². The summed E-state index contributed by atoms with van der Waals surface area (Å²) < 4.78 is 5.29. The van der Waals surface area contributed by atoms with Crippen LogP contribution in [0.2, 0.25) is 0 Å². The Balaban J connectivity index is 2.13. The van der Waals surface area contributed by atoms with Gasteiger partial charge in [-0.05, 0) is 29.0 Å². The van der Waals surface area contributed by atoms with E-state index in [4.69, 9.17) is 4.74 Å². The highest BCUT2D eigenvalue weighted by molar-refractivity contribution is 5.79. The summed E-state index contributed by atoms with van der Waals surface area (Å²) in [5.74, 6) is 0.211. The number of hydrogen-bond donors (Lipinski definition) is 0. The van der Waals surface area contributed by atoms with Gasteiger partial charge in [-0.25, -0.2) is 0 Å². The highest BCUT2D eigenvalue weighted by Gasteiger charge is 2.19. The lowest BCUT2D eigenvalue weighted by Gasteiger charge is -2.27. The third kappa shape index (κ3) is 3.60. The average Bonchev–Trinajstić information content (AvgIpc) is 2.41. The predicted octanol–water partition coefficient (Wildman–Crippen LogP) is 2.69. The molecule has 0 bridgehead atoms. The Kier molecular flexibility index (Phi) is 4.48. The molecule has 0 saturated carbocycles. The van der Waals surface area contributed by atoms with E-state index in [-0.39, 0.29) is 11.3 Å². The molecule has 2 rings (SSSR count). The number of morpholine rings is 1. The first kappa shape index (κ1) is 15.0. The number of rotatable bonds is 2. The normalized spacial score (nSPS) is 16.3. The summed E-state index contributed by atoms with van der Waals surface area (Å²) >= 11 is 0. The van der Waals surface area contributed by atoms with Gasteiger partial charge in [-0.2, -0.15) is 0 Å². The maximum atomic E-state index is 12.4. The fraction of sp³-hybridized carbons (Fsp3) is 0.588.